The number of nitrogens with zero attached hydrogens (tertiary/aromatic N) is 2. The fourth-order valence-electron chi connectivity index (χ4n) is 4.28. The molecule has 9 nitrogen and oxygen atoms in total. The molecule has 2 aliphatic heterocycles. The Bertz CT molecular complexity index is 1270. The van der Waals surface area contributed by atoms with E-state index in [-0.39, 0.29) is 29.2 Å². The second-order valence-electron chi connectivity index (χ2n) is 9.99. The maximum absolute atomic E-state index is 13.5. The summed E-state index contributed by atoms with van der Waals surface area (Å²) in [6, 6.07) is 15.2. The van der Waals surface area contributed by atoms with Crippen molar-refractivity contribution in [2.45, 2.75) is 50.1 Å². The monoisotopic (exact) mass is 545 g/mol. The molecule has 0 aromatic heterocycles. The molecule has 11 heteroatoms. The molecule has 2 aliphatic rings. The molecule has 37 heavy (non-hydrogen) atoms. The molecule has 198 valence electrons. The number of carbonyl (C=O) groups is 2. The van der Waals surface area contributed by atoms with Crippen molar-refractivity contribution in [3.8, 4) is 5.75 Å². The number of nitrogens with one attached hydrogen (secondary N) is 1. The number of anilines is 1. The Morgan fingerprint density at radius 3 is 2.41 bits per heavy atom. The average molecular weight is 546 g/mol. The largest absolute Gasteiger partial charge is 0.497 e. The van der Waals surface area contributed by atoms with Crippen LogP contribution in [0.1, 0.15) is 26.3 Å². The van der Waals surface area contributed by atoms with Crippen LogP contribution in [0.5, 0.6) is 5.75 Å². The molecular formula is C26H31N3O6S2. The zero-order chi connectivity index (χ0) is 26.8. The Hall–Kier alpha value is -3.05. The quantitative estimate of drug-likeness (QED) is 0.587. The van der Waals surface area contributed by atoms with Crippen LogP contribution >= 0.6 is 11.8 Å². The van der Waals surface area contributed by atoms with Crippen LogP contribution in [-0.4, -0.2) is 67.1 Å². The molecule has 0 saturated carbocycles. The lowest BCUT2D eigenvalue weighted by atomic mass is 10.1. The first-order valence-electron chi connectivity index (χ1n) is 11.9. The maximum Gasteiger partial charge on any atom is 0.408 e. The summed E-state index contributed by atoms with van der Waals surface area (Å²) in [5.41, 5.74) is 0.835. The standard InChI is InChI=1S/C26H31N3O6S2/c1-26(2,3)35-25(31)27-20(14-17-8-6-5-7-9-17)23(30)28-24-29(18-10-12-19(34-4)13-11-18)21-15-37(32,33)16-22(21)36-24/h5-13,20-22H,14-16H2,1-4H3,(H,27,31)/t20-,21-,22+/m0/s1. The van der Waals surface area contributed by atoms with E-state index in [2.05, 4.69) is 10.3 Å². The summed E-state index contributed by atoms with van der Waals surface area (Å²) in [4.78, 5) is 32.3. The number of alkyl carbamates (subject to hydrolysis) is 1. The van der Waals surface area contributed by atoms with Crippen molar-refractivity contribution in [2.75, 3.05) is 23.5 Å². The van der Waals surface area contributed by atoms with Crippen molar-refractivity contribution in [1.29, 1.82) is 0 Å². The summed E-state index contributed by atoms with van der Waals surface area (Å²) in [5.74, 6) is 0.114. The Balaban J connectivity index is 1.64. The summed E-state index contributed by atoms with van der Waals surface area (Å²) in [6.45, 7) is 5.24. The molecule has 4 rings (SSSR count). The van der Waals surface area contributed by atoms with Crippen LogP contribution in [0.15, 0.2) is 59.6 Å². The lowest BCUT2D eigenvalue weighted by molar-refractivity contribution is -0.119. The molecule has 0 radical (unpaired) electrons. The topological polar surface area (TPSA) is 114 Å². The molecule has 2 aromatic rings. The highest BCUT2D eigenvalue weighted by Gasteiger charge is 2.49. The Kier molecular flexibility index (Phi) is 7.84. The van der Waals surface area contributed by atoms with Gasteiger partial charge in [0, 0.05) is 17.4 Å². The lowest BCUT2D eigenvalue weighted by Gasteiger charge is -2.25. The summed E-state index contributed by atoms with van der Waals surface area (Å²) < 4.78 is 35.4. The van der Waals surface area contributed by atoms with Gasteiger partial charge in [-0.1, -0.05) is 42.1 Å². The molecule has 2 saturated heterocycles. The number of methoxy groups -OCH3 is 1. The molecule has 2 aromatic carbocycles. The molecule has 0 unspecified atom stereocenters. The molecule has 1 N–H and O–H groups in total. The fraction of sp³-hybridized carbons (Fsp3) is 0.423. The van der Waals surface area contributed by atoms with E-state index in [1.807, 2.05) is 47.4 Å². The van der Waals surface area contributed by atoms with Crippen molar-refractivity contribution >= 4 is 44.5 Å². The molecule has 0 bridgehead atoms. The van der Waals surface area contributed by atoms with E-state index in [9.17, 15) is 18.0 Å². The van der Waals surface area contributed by atoms with E-state index >= 15 is 0 Å². The third kappa shape index (κ3) is 6.84. The number of carbonyl (C=O) groups excluding carboxylic acids is 2. The summed E-state index contributed by atoms with van der Waals surface area (Å²) in [6.07, 6.45) is -0.486. The smallest absolute Gasteiger partial charge is 0.408 e. The van der Waals surface area contributed by atoms with Crippen LogP contribution in [-0.2, 0) is 25.8 Å². The Labute approximate surface area is 221 Å². The normalized spacial score (nSPS) is 22.4. The number of hydrogen-bond donors (Lipinski definition) is 1. The van der Waals surface area contributed by atoms with Crippen molar-refractivity contribution in [3.05, 3.63) is 60.2 Å². The van der Waals surface area contributed by atoms with Gasteiger partial charge in [-0.2, -0.15) is 4.99 Å². The van der Waals surface area contributed by atoms with E-state index in [1.54, 1.807) is 40.0 Å². The zero-order valence-electron chi connectivity index (χ0n) is 21.2. The van der Waals surface area contributed by atoms with Crippen molar-refractivity contribution < 1.29 is 27.5 Å². The second-order valence-corrected chi connectivity index (χ2v) is 13.3. The molecule has 0 spiro atoms. The van der Waals surface area contributed by atoms with Gasteiger partial charge in [0.25, 0.3) is 5.91 Å². The van der Waals surface area contributed by atoms with E-state index in [0.717, 1.165) is 5.56 Å². The summed E-state index contributed by atoms with van der Waals surface area (Å²) in [7, 11) is -1.64. The van der Waals surface area contributed by atoms with Gasteiger partial charge in [-0.25, -0.2) is 13.2 Å². The van der Waals surface area contributed by atoms with Crippen LogP contribution < -0.4 is 15.0 Å². The number of hydrogen-bond acceptors (Lipinski definition) is 7. The van der Waals surface area contributed by atoms with Crippen molar-refractivity contribution in [3.63, 3.8) is 0 Å². The first-order chi connectivity index (χ1) is 17.4. The highest BCUT2D eigenvalue weighted by atomic mass is 32.2. The van der Waals surface area contributed by atoms with Crippen LogP contribution in [0.2, 0.25) is 0 Å². The summed E-state index contributed by atoms with van der Waals surface area (Å²) >= 11 is 1.28. The third-order valence-electron chi connectivity index (χ3n) is 5.89. The molecule has 2 heterocycles. The van der Waals surface area contributed by atoms with Crippen molar-refractivity contribution in [1.82, 2.24) is 5.32 Å². The number of aliphatic imine (C=N–C) groups is 1. The predicted octanol–water partition coefficient (Wildman–Crippen LogP) is 3.43. The molecule has 2 amide bonds. The molecule has 0 aliphatic carbocycles. The van der Waals surface area contributed by atoms with Gasteiger partial charge in [-0.15, -0.1) is 0 Å². The fourth-order valence-corrected chi connectivity index (χ4v) is 8.20. The van der Waals surface area contributed by atoms with Crippen LogP contribution in [0.4, 0.5) is 10.5 Å². The second kappa shape index (κ2) is 10.7. The number of fused-ring (bicyclic) bond motifs is 1. The Morgan fingerprint density at radius 1 is 1.11 bits per heavy atom. The molecule has 2 fully saturated rings. The SMILES string of the molecule is COc1ccc(N2C(=NC(=O)[C@H](Cc3ccccc3)NC(=O)OC(C)(C)C)S[C@@H]3CS(=O)(=O)C[C@@H]32)cc1. The van der Waals surface area contributed by atoms with Crippen molar-refractivity contribution in [2.24, 2.45) is 4.99 Å². The molecular weight excluding hydrogens is 514 g/mol. The van der Waals surface area contributed by atoms with Gasteiger partial charge in [-0.05, 0) is 50.6 Å². The van der Waals surface area contributed by atoms with Crippen LogP contribution in [0, 0.1) is 0 Å². The minimum Gasteiger partial charge on any atom is -0.497 e. The van der Waals surface area contributed by atoms with Crippen LogP contribution in [0.3, 0.4) is 0 Å². The van der Waals surface area contributed by atoms with E-state index in [1.165, 1.54) is 11.8 Å². The average Bonchev–Trinajstić information content (AvgIpc) is 3.28. The van der Waals surface area contributed by atoms with E-state index < -0.39 is 33.5 Å². The number of amidine groups is 1. The van der Waals surface area contributed by atoms with Gasteiger partial charge in [0.2, 0.25) is 0 Å². The maximum atomic E-state index is 13.5. The minimum atomic E-state index is -3.20. The van der Waals surface area contributed by atoms with Gasteiger partial charge in [0.15, 0.2) is 15.0 Å². The lowest BCUT2D eigenvalue weighted by Crippen LogP contribution is -2.45. The van der Waals surface area contributed by atoms with Gasteiger partial charge < -0.3 is 19.7 Å². The highest BCUT2D eigenvalue weighted by molar-refractivity contribution is 8.16. The minimum absolute atomic E-state index is 0.0196. The van der Waals surface area contributed by atoms with Gasteiger partial charge in [-0.3, -0.25) is 4.79 Å². The molecule has 3 atom stereocenters. The number of ether oxygens (including phenoxy) is 2. The number of thioether (sulfide) groups is 1. The third-order valence-corrected chi connectivity index (χ3v) is 9.10. The van der Waals surface area contributed by atoms with E-state index in [4.69, 9.17) is 9.47 Å². The highest BCUT2D eigenvalue weighted by Crippen LogP contribution is 2.41. The van der Waals surface area contributed by atoms with E-state index in [0.29, 0.717) is 16.6 Å². The predicted molar refractivity (Wildman–Crippen MR) is 145 cm³/mol. The van der Waals surface area contributed by atoms with Gasteiger partial charge >= 0.3 is 6.09 Å². The van der Waals surface area contributed by atoms with Gasteiger partial charge in [0.05, 0.1) is 24.7 Å². The number of rotatable bonds is 6. The first-order valence-corrected chi connectivity index (χ1v) is 14.6. The number of amides is 2. The van der Waals surface area contributed by atoms with Crippen LogP contribution in [0.25, 0.3) is 0 Å². The Morgan fingerprint density at radius 2 is 1.78 bits per heavy atom. The number of benzene rings is 2. The number of sulfone groups is 1. The van der Waals surface area contributed by atoms with Gasteiger partial charge in [0.1, 0.15) is 17.4 Å². The zero-order valence-corrected chi connectivity index (χ0v) is 22.8. The first kappa shape index (κ1) is 27.0. The summed E-state index contributed by atoms with van der Waals surface area (Å²) in [5, 5.41) is 2.83.